The third-order valence-electron chi connectivity index (χ3n) is 12.6. The number of hydrogen-bond donors (Lipinski definition) is 7. The van der Waals surface area contributed by atoms with Gasteiger partial charge in [0.2, 0.25) is 17.7 Å². The maximum absolute atomic E-state index is 14.0. The van der Waals surface area contributed by atoms with Gasteiger partial charge >= 0.3 is 0 Å². The molecular formula is C50H63ClN8O12S. The number of thiazole rings is 1. The zero-order valence-corrected chi connectivity index (χ0v) is 42.2. The van der Waals surface area contributed by atoms with Crippen LogP contribution in [0.25, 0.3) is 21.5 Å². The summed E-state index contributed by atoms with van der Waals surface area (Å²) in [7, 11) is 0. The Morgan fingerprint density at radius 1 is 0.944 bits per heavy atom. The lowest BCUT2D eigenvalue weighted by Gasteiger charge is -2.35. The number of nitrogens with zero attached hydrogens (tertiary/aromatic N) is 5. The van der Waals surface area contributed by atoms with Gasteiger partial charge in [-0.1, -0.05) is 62.7 Å². The Labute approximate surface area is 425 Å². The van der Waals surface area contributed by atoms with Crippen LogP contribution in [-0.2, 0) is 39.9 Å². The smallest absolute Gasteiger partial charge is 0.246 e. The van der Waals surface area contributed by atoms with Crippen LogP contribution < -0.4 is 21.1 Å². The number of carbonyl (C=O) groups is 4. The van der Waals surface area contributed by atoms with E-state index in [4.69, 9.17) is 36.3 Å². The maximum atomic E-state index is 14.0. The van der Waals surface area contributed by atoms with Crippen molar-refractivity contribution in [3.8, 4) is 16.2 Å². The zero-order valence-electron chi connectivity index (χ0n) is 40.6. The van der Waals surface area contributed by atoms with Gasteiger partial charge in [0.05, 0.1) is 65.6 Å². The molecule has 8 atom stereocenters. The van der Waals surface area contributed by atoms with Crippen LogP contribution in [0.15, 0.2) is 66.6 Å². The molecule has 2 fully saturated rings. The summed E-state index contributed by atoms with van der Waals surface area (Å²) in [6.07, 6.45) is -3.69. The average molecular weight is 1040 g/mol. The molecule has 0 bridgehead atoms. The number of nitrogens with one attached hydrogen (secondary N) is 2. The van der Waals surface area contributed by atoms with Gasteiger partial charge in [-0.15, -0.1) is 11.3 Å². The number of anilines is 1. The second-order valence-electron chi connectivity index (χ2n) is 19.0. The van der Waals surface area contributed by atoms with E-state index < -0.39 is 66.1 Å². The molecule has 2 aromatic carbocycles. The predicted octanol–water partition coefficient (Wildman–Crippen LogP) is 3.80. The number of nitrogen functional groups attached to an aromatic ring is 1. The highest BCUT2D eigenvalue weighted by molar-refractivity contribution is 7.13. The Balaban J connectivity index is 0.764. The number of Topliss-reactive ketones (excluding diaryl/α,β-unsaturated/α-hetero) is 1. The van der Waals surface area contributed by atoms with Crippen molar-refractivity contribution in [2.75, 3.05) is 45.3 Å². The van der Waals surface area contributed by atoms with Crippen LogP contribution >= 0.6 is 22.9 Å². The van der Waals surface area contributed by atoms with Crippen LogP contribution in [0.5, 0.6) is 5.75 Å². The van der Waals surface area contributed by atoms with E-state index in [1.54, 1.807) is 35.2 Å². The van der Waals surface area contributed by atoms with Crippen molar-refractivity contribution in [3.05, 3.63) is 88.4 Å². The minimum Gasteiger partial charge on any atom is -0.492 e. The molecule has 5 aromatic rings. The van der Waals surface area contributed by atoms with E-state index in [-0.39, 0.29) is 100 Å². The highest BCUT2D eigenvalue weighted by atomic mass is 35.5. The molecule has 22 heteroatoms. The molecule has 2 aliphatic heterocycles. The summed E-state index contributed by atoms with van der Waals surface area (Å²) in [5.41, 5.74) is 10.6. The molecule has 8 N–H and O–H groups in total. The third kappa shape index (κ3) is 13.3. The van der Waals surface area contributed by atoms with E-state index in [0.29, 0.717) is 23.0 Å². The van der Waals surface area contributed by atoms with E-state index in [1.807, 2.05) is 52.0 Å². The number of fused-ring (bicyclic) bond motifs is 1. The monoisotopic (exact) mass is 1030 g/mol. The highest BCUT2D eigenvalue weighted by Crippen LogP contribution is 2.39. The number of halogens is 1. The molecule has 2 saturated heterocycles. The molecule has 20 nitrogen and oxygen atoms in total. The number of carbonyl (C=O) groups excluding carboxylic acids is 4. The number of amides is 3. The number of likely N-dealkylation sites (tertiary alicyclic amines) is 1. The quantitative estimate of drug-likeness (QED) is 0.0458. The molecule has 72 heavy (non-hydrogen) atoms. The first-order valence-electron chi connectivity index (χ1n) is 23.8. The van der Waals surface area contributed by atoms with Crippen molar-refractivity contribution >= 4 is 63.3 Å². The first-order valence-corrected chi connectivity index (χ1v) is 25.1. The molecule has 0 radical (unpaired) electrons. The lowest BCUT2D eigenvalue weighted by Crippen LogP contribution is -2.57. The molecule has 7 rings (SSSR count). The van der Waals surface area contributed by atoms with Gasteiger partial charge in [-0.25, -0.2) is 15.0 Å². The van der Waals surface area contributed by atoms with Crippen molar-refractivity contribution in [1.82, 2.24) is 35.1 Å². The van der Waals surface area contributed by atoms with E-state index >= 15 is 0 Å². The Morgan fingerprint density at radius 2 is 1.68 bits per heavy atom. The first-order chi connectivity index (χ1) is 34.4. The Bertz CT molecular complexity index is 2660. The van der Waals surface area contributed by atoms with Gasteiger partial charge < -0.3 is 65.2 Å². The largest absolute Gasteiger partial charge is 0.492 e. The number of aromatic nitrogens is 4. The molecule has 388 valence electrons. The number of aliphatic hydroxyl groups is 4. The minimum atomic E-state index is -1.45. The summed E-state index contributed by atoms with van der Waals surface area (Å²) >= 11 is 7.94. The van der Waals surface area contributed by atoms with Crippen LogP contribution in [-0.4, -0.2) is 144 Å². The highest BCUT2D eigenvalue weighted by Gasteiger charge is 2.48. The SMILES string of the molecule is Cc1ncsc1-c1ccc(CNC(=O)[C@@H]2C[C@@H](O)CN2C(=O)[C@@H](NC(=O)CCOCCOCCC(=O)CCCOc2cc([C@@H](O)[C@H]3O[C@@H](n4ccc5c(N)ncnc54)[C@H](O)[C@@H]3O)ccc2Cl)C(C)(C)C)cc1. The molecule has 3 amide bonds. The molecule has 0 saturated carbocycles. The topological polar surface area (TPSA) is 283 Å². The predicted molar refractivity (Wildman–Crippen MR) is 267 cm³/mol. The number of hydrogen-bond acceptors (Lipinski definition) is 17. The summed E-state index contributed by atoms with van der Waals surface area (Å²) in [6.45, 7) is 8.35. The number of β-amino-alcohol motifs (C(OH)–C–C–N with tert-alkyl or cyclic N) is 1. The average Bonchev–Trinajstić information content (AvgIpc) is 4.15. The molecule has 2 aliphatic rings. The fourth-order valence-electron chi connectivity index (χ4n) is 8.64. The molecule has 0 spiro atoms. The standard InChI is InChI=1S/C50H63ClN8O12S/c1-28-43(72-27-56-28)30-9-7-29(8-10-30)24-53-47(66)36-23-33(61)25-59(36)48(67)44(50(2,3)4)57-38(62)15-19-69-21-20-68-18-14-32(60)6-5-17-70-37-22-31(11-12-35(37)51)39(63)42-40(64)41(65)49(71-42)58-16-13-34-45(52)54-26-55-46(34)58/h7-13,16,22,26-27,33,36,39-42,44,49,61,63-65H,5-6,14-15,17-21,23-25H2,1-4H3,(H,53,66)(H,57,62)(H2,52,54,55)/t33-,36+,39-,40+,41-,42-,44-,49-/m1/s1. The fraction of sp³-hybridized carbons (Fsp3) is 0.500. The summed E-state index contributed by atoms with van der Waals surface area (Å²) in [4.78, 5) is 67.9. The maximum Gasteiger partial charge on any atom is 0.246 e. The second-order valence-corrected chi connectivity index (χ2v) is 20.2. The fourth-order valence-corrected chi connectivity index (χ4v) is 9.62. The summed E-state index contributed by atoms with van der Waals surface area (Å²) in [5.74, 6) is -0.802. The van der Waals surface area contributed by atoms with E-state index in [0.717, 1.165) is 21.7 Å². The number of aryl methyl sites for hydroxylation is 1. The van der Waals surface area contributed by atoms with Crippen molar-refractivity contribution in [2.24, 2.45) is 5.41 Å². The number of benzene rings is 2. The van der Waals surface area contributed by atoms with Crippen molar-refractivity contribution in [1.29, 1.82) is 0 Å². The molecular weight excluding hydrogens is 972 g/mol. The van der Waals surface area contributed by atoms with Crippen LogP contribution in [0.2, 0.25) is 5.02 Å². The minimum absolute atomic E-state index is 0.0350. The molecule has 0 aliphatic carbocycles. The molecule has 3 aromatic heterocycles. The van der Waals surface area contributed by atoms with Gasteiger partial charge in [0, 0.05) is 45.0 Å². The van der Waals surface area contributed by atoms with E-state index in [9.17, 15) is 39.6 Å². The van der Waals surface area contributed by atoms with Crippen LogP contribution in [0.4, 0.5) is 5.82 Å². The number of ether oxygens (including phenoxy) is 4. The van der Waals surface area contributed by atoms with Crippen LogP contribution in [0.1, 0.15) is 82.0 Å². The summed E-state index contributed by atoms with van der Waals surface area (Å²) in [6, 6.07) is 12.2. The van der Waals surface area contributed by atoms with Gasteiger partial charge in [0.1, 0.15) is 65.8 Å². The van der Waals surface area contributed by atoms with Gasteiger partial charge in [0.25, 0.3) is 0 Å². The third-order valence-corrected chi connectivity index (χ3v) is 13.9. The number of aliphatic hydroxyl groups excluding tert-OH is 4. The second kappa shape index (κ2) is 24.4. The van der Waals surface area contributed by atoms with Crippen molar-refractivity contribution in [2.45, 2.75) is 115 Å². The van der Waals surface area contributed by atoms with Crippen molar-refractivity contribution in [3.63, 3.8) is 0 Å². The molecule has 5 heterocycles. The number of nitrogens with two attached hydrogens (primary N) is 1. The normalized spacial score (nSPS) is 20.9. The molecule has 0 unspecified atom stereocenters. The Kier molecular flexibility index (Phi) is 18.4. The Morgan fingerprint density at radius 3 is 2.39 bits per heavy atom. The van der Waals surface area contributed by atoms with Crippen molar-refractivity contribution < 1.29 is 58.6 Å². The van der Waals surface area contributed by atoms with Gasteiger partial charge in [-0.05, 0) is 53.6 Å². The first kappa shape index (κ1) is 54.2. The summed E-state index contributed by atoms with van der Waals surface area (Å²) in [5, 5.41) is 50.1. The van der Waals surface area contributed by atoms with Crippen LogP contribution in [0, 0.1) is 12.3 Å². The van der Waals surface area contributed by atoms with E-state index in [1.165, 1.54) is 27.9 Å². The number of rotatable bonds is 23. The van der Waals surface area contributed by atoms with Gasteiger partial charge in [-0.2, -0.15) is 0 Å². The van der Waals surface area contributed by atoms with Gasteiger partial charge in [-0.3, -0.25) is 19.2 Å². The Hall–Kier alpha value is -5.62. The lowest BCUT2D eigenvalue weighted by atomic mass is 9.85. The van der Waals surface area contributed by atoms with E-state index in [2.05, 4.69) is 25.6 Å². The lowest BCUT2D eigenvalue weighted by molar-refractivity contribution is -0.144. The zero-order chi connectivity index (χ0) is 51.7. The van der Waals surface area contributed by atoms with Crippen LogP contribution in [0.3, 0.4) is 0 Å². The number of ketones is 1. The van der Waals surface area contributed by atoms with Gasteiger partial charge in [0.15, 0.2) is 6.23 Å². The summed E-state index contributed by atoms with van der Waals surface area (Å²) < 4.78 is 24.5.